The van der Waals surface area contributed by atoms with E-state index in [9.17, 15) is 9.59 Å². The third kappa shape index (κ3) is 3.25. The third-order valence-corrected chi connectivity index (χ3v) is 5.98. The predicted molar refractivity (Wildman–Crippen MR) is 98.1 cm³/mol. The van der Waals surface area contributed by atoms with Crippen molar-refractivity contribution in [3.63, 3.8) is 0 Å². The van der Waals surface area contributed by atoms with Crippen molar-refractivity contribution in [1.82, 2.24) is 10.2 Å². The summed E-state index contributed by atoms with van der Waals surface area (Å²) in [5.74, 6) is -0.205. The van der Waals surface area contributed by atoms with Crippen LogP contribution in [0.25, 0.3) is 0 Å². The van der Waals surface area contributed by atoms with E-state index in [-0.39, 0.29) is 30.2 Å². The summed E-state index contributed by atoms with van der Waals surface area (Å²) in [5.41, 5.74) is 0.665. The molecular weight excluding hydrogens is 361 g/mol. The number of nitrogens with zero attached hydrogens (tertiary/aromatic N) is 2. The van der Waals surface area contributed by atoms with Gasteiger partial charge in [0.05, 0.1) is 5.92 Å². The van der Waals surface area contributed by atoms with Gasteiger partial charge in [0.25, 0.3) is 0 Å². The van der Waals surface area contributed by atoms with E-state index in [2.05, 4.69) is 10.2 Å². The van der Waals surface area contributed by atoms with E-state index >= 15 is 0 Å². The molecule has 3 aliphatic rings. The first kappa shape index (κ1) is 17.1. The number of fused-ring (bicyclic) bond motifs is 2. The molecule has 0 aromatic heterocycles. The maximum atomic E-state index is 13.1. The lowest BCUT2D eigenvalue weighted by atomic mass is 10.1. The zero-order valence-corrected chi connectivity index (χ0v) is 15.4. The van der Waals surface area contributed by atoms with Crippen LogP contribution in [0.3, 0.4) is 0 Å². The van der Waals surface area contributed by atoms with Gasteiger partial charge in [0.1, 0.15) is 0 Å². The second kappa shape index (κ2) is 6.78. The molecule has 7 heteroatoms. The van der Waals surface area contributed by atoms with E-state index in [0.29, 0.717) is 28.3 Å². The van der Waals surface area contributed by atoms with Crippen molar-refractivity contribution >= 4 is 40.7 Å². The molecule has 3 heterocycles. The summed E-state index contributed by atoms with van der Waals surface area (Å²) < 4.78 is 0. The zero-order chi connectivity index (χ0) is 17.6. The molecule has 3 fully saturated rings. The second-order valence-electron chi connectivity index (χ2n) is 7.16. The molecule has 1 N–H and O–H groups in total. The quantitative estimate of drug-likeness (QED) is 0.856. The number of halogens is 2. The average molecular weight is 382 g/mol. The van der Waals surface area contributed by atoms with Crippen LogP contribution >= 0.6 is 23.2 Å². The molecule has 3 unspecified atom stereocenters. The van der Waals surface area contributed by atoms with Crippen molar-refractivity contribution in [3.8, 4) is 0 Å². The highest BCUT2D eigenvalue weighted by molar-refractivity contribution is 6.35. The van der Waals surface area contributed by atoms with Crippen molar-refractivity contribution in [2.45, 2.75) is 37.8 Å². The van der Waals surface area contributed by atoms with Crippen molar-refractivity contribution in [2.75, 3.05) is 24.5 Å². The first-order valence-corrected chi connectivity index (χ1v) is 9.58. The molecule has 1 aromatic carbocycles. The predicted octanol–water partition coefficient (Wildman–Crippen LogP) is 2.70. The van der Waals surface area contributed by atoms with Crippen molar-refractivity contribution < 1.29 is 9.59 Å². The van der Waals surface area contributed by atoms with E-state index < -0.39 is 0 Å². The van der Waals surface area contributed by atoms with Gasteiger partial charge in [0, 0.05) is 47.3 Å². The molecular formula is C18H21Cl2N3O2. The van der Waals surface area contributed by atoms with E-state index in [1.165, 1.54) is 0 Å². The molecule has 0 radical (unpaired) electrons. The van der Waals surface area contributed by atoms with Crippen LogP contribution < -0.4 is 10.2 Å². The Morgan fingerprint density at radius 3 is 2.56 bits per heavy atom. The zero-order valence-electron chi connectivity index (χ0n) is 13.9. The van der Waals surface area contributed by atoms with Crippen LogP contribution in [-0.2, 0) is 9.59 Å². The number of nitrogens with one attached hydrogen (secondary N) is 1. The highest BCUT2D eigenvalue weighted by Crippen LogP contribution is 2.34. The summed E-state index contributed by atoms with van der Waals surface area (Å²) >= 11 is 12.1. The Morgan fingerprint density at radius 1 is 1.08 bits per heavy atom. The summed E-state index contributed by atoms with van der Waals surface area (Å²) in [4.78, 5) is 29.3. The first-order valence-electron chi connectivity index (χ1n) is 8.82. The van der Waals surface area contributed by atoms with E-state index in [4.69, 9.17) is 23.2 Å². The summed E-state index contributed by atoms with van der Waals surface area (Å²) in [7, 11) is 0. The summed E-state index contributed by atoms with van der Waals surface area (Å²) in [5, 5.41) is 4.38. The molecule has 3 atom stereocenters. The van der Waals surface area contributed by atoms with Gasteiger partial charge >= 0.3 is 0 Å². The van der Waals surface area contributed by atoms with Crippen molar-refractivity contribution in [2.24, 2.45) is 5.92 Å². The lowest BCUT2D eigenvalue weighted by Gasteiger charge is -2.30. The smallest absolute Gasteiger partial charge is 0.228 e. The highest BCUT2D eigenvalue weighted by Gasteiger charge is 2.44. The van der Waals surface area contributed by atoms with Crippen molar-refractivity contribution in [3.05, 3.63) is 28.2 Å². The summed E-state index contributed by atoms with van der Waals surface area (Å²) in [6.45, 7) is 2.22. The van der Waals surface area contributed by atoms with Gasteiger partial charge in [-0.3, -0.25) is 9.59 Å². The molecule has 25 heavy (non-hydrogen) atoms. The Hall–Kier alpha value is -1.30. The highest BCUT2D eigenvalue weighted by atomic mass is 35.5. The Labute approximate surface area is 157 Å². The number of benzene rings is 1. The van der Waals surface area contributed by atoms with Gasteiger partial charge < -0.3 is 15.1 Å². The number of hydrogen-bond acceptors (Lipinski definition) is 3. The lowest BCUT2D eigenvalue weighted by molar-refractivity contribution is -0.138. The first-order chi connectivity index (χ1) is 12.0. The molecule has 134 valence electrons. The van der Waals surface area contributed by atoms with Gasteiger partial charge in [-0.05, 0) is 44.0 Å². The average Bonchev–Trinajstić information content (AvgIpc) is 3.04. The fraction of sp³-hybridized carbons (Fsp3) is 0.556. The normalized spacial score (nSPS) is 29.2. The minimum atomic E-state index is -0.286. The molecule has 3 aliphatic heterocycles. The Bertz CT molecular complexity index is 677. The van der Waals surface area contributed by atoms with E-state index in [1.54, 1.807) is 23.1 Å². The molecule has 2 amide bonds. The molecule has 0 saturated carbocycles. The molecule has 3 saturated heterocycles. The number of carbonyl (C=O) groups excluding carboxylic acids is 2. The number of carbonyl (C=O) groups is 2. The maximum Gasteiger partial charge on any atom is 0.228 e. The maximum absolute atomic E-state index is 13.1. The van der Waals surface area contributed by atoms with Crippen LogP contribution in [0.15, 0.2) is 18.2 Å². The molecule has 0 aliphatic carbocycles. The van der Waals surface area contributed by atoms with Crippen LogP contribution in [0.4, 0.5) is 5.69 Å². The third-order valence-electron chi connectivity index (χ3n) is 5.54. The number of hydrogen-bond donors (Lipinski definition) is 1. The van der Waals surface area contributed by atoms with Crippen molar-refractivity contribution in [1.29, 1.82) is 0 Å². The van der Waals surface area contributed by atoms with Gasteiger partial charge in [-0.25, -0.2) is 0 Å². The van der Waals surface area contributed by atoms with Gasteiger partial charge in [-0.15, -0.1) is 0 Å². The second-order valence-corrected chi connectivity index (χ2v) is 8.03. The number of rotatable bonds is 2. The minimum absolute atomic E-state index is 0.0445. The fourth-order valence-corrected chi connectivity index (χ4v) is 4.89. The Kier molecular flexibility index (Phi) is 4.65. The summed E-state index contributed by atoms with van der Waals surface area (Å²) in [6.07, 6.45) is 3.38. The molecule has 5 nitrogen and oxygen atoms in total. The van der Waals surface area contributed by atoms with Gasteiger partial charge in [0.15, 0.2) is 0 Å². The molecule has 2 bridgehead atoms. The number of amides is 2. The van der Waals surface area contributed by atoms with Crippen LogP contribution in [0, 0.1) is 5.92 Å². The Morgan fingerprint density at radius 2 is 1.80 bits per heavy atom. The molecule has 0 spiro atoms. The molecule has 4 rings (SSSR count). The lowest BCUT2D eigenvalue weighted by Crippen LogP contribution is -2.46. The van der Waals surface area contributed by atoms with Crippen LogP contribution in [0.1, 0.15) is 25.7 Å². The van der Waals surface area contributed by atoms with Crippen LogP contribution in [0.2, 0.25) is 10.0 Å². The van der Waals surface area contributed by atoms with E-state index in [1.807, 2.05) is 0 Å². The standard InChI is InChI=1S/C18H21Cl2N3O2/c19-12-6-13(20)8-16(7-12)22-10-11(5-17(22)24)18(25)23-14-1-2-15(23)9-21-4-3-14/h6-8,11,14-15,21H,1-5,9-10H2. The van der Waals surface area contributed by atoms with Crippen LogP contribution in [0.5, 0.6) is 0 Å². The van der Waals surface area contributed by atoms with Gasteiger partial charge in [0.2, 0.25) is 11.8 Å². The topological polar surface area (TPSA) is 52.7 Å². The molecule has 1 aromatic rings. The summed E-state index contributed by atoms with van der Waals surface area (Å²) in [6, 6.07) is 5.66. The largest absolute Gasteiger partial charge is 0.335 e. The fourth-order valence-electron chi connectivity index (χ4n) is 4.37. The SMILES string of the molecule is O=C1CC(C(=O)N2C3CCNCC2CC3)CN1c1cc(Cl)cc(Cl)c1. The Balaban J connectivity index is 1.53. The number of anilines is 1. The van der Waals surface area contributed by atoms with Gasteiger partial charge in [-0.1, -0.05) is 23.2 Å². The van der Waals surface area contributed by atoms with Crippen LogP contribution in [-0.4, -0.2) is 48.4 Å². The minimum Gasteiger partial charge on any atom is -0.335 e. The van der Waals surface area contributed by atoms with Gasteiger partial charge in [-0.2, -0.15) is 0 Å². The monoisotopic (exact) mass is 381 g/mol. The van der Waals surface area contributed by atoms with E-state index in [0.717, 1.165) is 32.4 Å².